The van der Waals surface area contributed by atoms with Gasteiger partial charge in [0.2, 0.25) is 0 Å². The fraction of sp³-hybridized carbons (Fsp3) is 0.500. The lowest BCUT2D eigenvalue weighted by Gasteiger charge is -2.35. The molecule has 1 heterocycles. The van der Waals surface area contributed by atoms with Gasteiger partial charge in [-0.3, -0.25) is 0 Å². The van der Waals surface area contributed by atoms with Gasteiger partial charge in [0.25, 0.3) is 0 Å². The number of ether oxygens (including phenoxy) is 1. The fourth-order valence-corrected chi connectivity index (χ4v) is 2.34. The first-order chi connectivity index (χ1) is 8.33. The van der Waals surface area contributed by atoms with E-state index in [0.717, 1.165) is 31.5 Å². The van der Waals surface area contributed by atoms with Crippen LogP contribution in [-0.2, 0) is 9.53 Å². The largest absolute Gasteiger partial charge is 0.464 e. The molecule has 0 aromatic heterocycles. The lowest BCUT2D eigenvalue weighted by atomic mass is 10.0. The van der Waals surface area contributed by atoms with Gasteiger partial charge in [-0.15, -0.1) is 0 Å². The van der Waals surface area contributed by atoms with E-state index in [1.165, 1.54) is 0 Å². The Morgan fingerprint density at radius 2 is 2.12 bits per heavy atom. The zero-order chi connectivity index (χ0) is 12.1. The number of anilines is 1. The monoisotopic (exact) mass is 233 g/mol. The van der Waals surface area contributed by atoms with Gasteiger partial charge in [-0.25, -0.2) is 4.79 Å². The summed E-state index contributed by atoms with van der Waals surface area (Å²) < 4.78 is 5.15. The van der Waals surface area contributed by atoms with Crippen LogP contribution in [0.4, 0.5) is 5.69 Å². The van der Waals surface area contributed by atoms with E-state index in [4.69, 9.17) is 4.74 Å². The first kappa shape index (κ1) is 12.0. The minimum absolute atomic E-state index is 0.0870. The number of carbonyl (C=O) groups excluding carboxylic acids is 1. The van der Waals surface area contributed by atoms with E-state index in [9.17, 15) is 4.79 Å². The van der Waals surface area contributed by atoms with Crippen molar-refractivity contribution < 1.29 is 9.53 Å². The molecule has 0 amide bonds. The van der Waals surface area contributed by atoms with Gasteiger partial charge in [0.1, 0.15) is 6.04 Å². The third kappa shape index (κ3) is 2.78. The summed E-state index contributed by atoms with van der Waals surface area (Å²) in [4.78, 5) is 14.1. The summed E-state index contributed by atoms with van der Waals surface area (Å²) in [7, 11) is 0. The number of rotatable bonds is 3. The van der Waals surface area contributed by atoms with E-state index >= 15 is 0 Å². The Kier molecular flexibility index (Phi) is 4.02. The van der Waals surface area contributed by atoms with Gasteiger partial charge in [-0.2, -0.15) is 0 Å². The summed E-state index contributed by atoms with van der Waals surface area (Å²) >= 11 is 0. The zero-order valence-corrected chi connectivity index (χ0v) is 10.3. The molecule has 0 N–H and O–H groups in total. The molecule has 1 aliphatic rings. The third-order valence-electron chi connectivity index (χ3n) is 3.15. The summed E-state index contributed by atoms with van der Waals surface area (Å²) in [6, 6.07) is 10.0. The number of benzene rings is 1. The van der Waals surface area contributed by atoms with Crippen molar-refractivity contribution in [3.8, 4) is 0 Å². The van der Waals surface area contributed by atoms with Crippen molar-refractivity contribution in [2.45, 2.75) is 32.2 Å². The van der Waals surface area contributed by atoms with Crippen LogP contribution in [0.3, 0.4) is 0 Å². The maximum Gasteiger partial charge on any atom is 0.328 e. The van der Waals surface area contributed by atoms with Crippen LogP contribution < -0.4 is 4.90 Å². The van der Waals surface area contributed by atoms with Crippen LogP contribution in [0.25, 0.3) is 0 Å². The second kappa shape index (κ2) is 5.71. The zero-order valence-electron chi connectivity index (χ0n) is 10.3. The van der Waals surface area contributed by atoms with Gasteiger partial charge in [-0.1, -0.05) is 18.2 Å². The molecule has 92 valence electrons. The lowest BCUT2D eigenvalue weighted by molar-refractivity contribution is -0.145. The summed E-state index contributed by atoms with van der Waals surface area (Å²) in [5.74, 6) is -0.0870. The normalized spacial score (nSPS) is 20.1. The molecule has 1 aromatic rings. The molecule has 0 spiro atoms. The maximum atomic E-state index is 11.9. The van der Waals surface area contributed by atoms with Crippen LogP contribution in [-0.4, -0.2) is 25.2 Å². The van der Waals surface area contributed by atoms with Crippen molar-refractivity contribution in [2.24, 2.45) is 0 Å². The van der Waals surface area contributed by atoms with Crippen LogP contribution in [0.2, 0.25) is 0 Å². The molecule has 3 nitrogen and oxygen atoms in total. The van der Waals surface area contributed by atoms with Crippen LogP contribution in [0.15, 0.2) is 30.3 Å². The fourth-order valence-electron chi connectivity index (χ4n) is 2.34. The molecule has 0 saturated carbocycles. The van der Waals surface area contributed by atoms with Crippen LogP contribution >= 0.6 is 0 Å². The first-order valence-electron chi connectivity index (χ1n) is 6.31. The lowest BCUT2D eigenvalue weighted by Crippen LogP contribution is -2.45. The summed E-state index contributed by atoms with van der Waals surface area (Å²) in [6.45, 7) is 3.25. The standard InChI is InChI=1S/C14H19NO2/c1-2-17-14(16)13-10-6-7-11-15(13)12-8-4-3-5-9-12/h3-5,8-9,13H,2,6-7,10-11H2,1H3. The smallest absolute Gasteiger partial charge is 0.328 e. The van der Waals surface area contributed by atoms with Gasteiger partial charge < -0.3 is 9.64 Å². The number of para-hydroxylation sites is 1. The highest BCUT2D eigenvalue weighted by molar-refractivity contribution is 5.80. The van der Waals surface area contributed by atoms with Gasteiger partial charge in [0, 0.05) is 12.2 Å². The maximum absolute atomic E-state index is 11.9. The quantitative estimate of drug-likeness (QED) is 0.752. The highest BCUT2D eigenvalue weighted by atomic mass is 16.5. The van der Waals surface area contributed by atoms with Crippen molar-refractivity contribution in [1.82, 2.24) is 0 Å². The molecule has 17 heavy (non-hydrogen) atoms. The molecule has 1 aromatic carbocycles. The molecule has 1 unspecified atom stereocenters. The second-order valence-corrected chi connectivity index (χ2v) is 4.29. The number of nitrogens with zero attached hydrogens (tertiary/aromatic N) is 1. The molecular formula is C14H19NO2. The number of hydrogen-bond donors (Lipinski definition) is 0. The topological polar surface area (TPSA) is 29.5 Å². The van der Waals surface area contributed by atoms with E-state index in [1.54, 1.807) is 0 Å². The highest BCUT2D eigenvalue weighted by Crippen LogP contribution is 2.25. The molecule has 1 atom stereocenters. The van der Waals surface area contributed by atoms with E-state index in [-0.39, 0.29) is 12.0 Å². The summed E-state index contributed by atoms with van der Waals surface area (Å²) in [6.07, 6.45) is 3.14. The number of esters is 1. The predicted molar refractivity (Wildman–Crippen MR) is 68.1 cm³/mol. The predicted octanol–water partition coefficient (Wildman–Crippen LogP) is 2.61. The van der Waals surface area contributed by atoms with Crippen molar-refractivity contribution in [2.75, 3.05) is 18.1 Å². The summed E-state index contributed by atoms with van der Waals surface area (Å²) in [5, 5.41) is 0. The molecular weight excluding hydrogens is 214 g/mol. The first-order valence-corrected chi connectivity index (χ1v) is 6.31. The Morgan fingerprint density at radius 3 is 2.82 bits per heavy atom. The van der Waals surface area contributed by atoms with Gasteiger partial charge in [-0.05, 0) is 38.3 Å². The van der Waals surface area contributed by atoms with Crippen molar-refractivity contribution in [1.29, 1.82) is 0 Å². The molecule has 3 heteroatoms. The number of piperidine rings is 1. The van der Waals surface area contributed by atoms with Crippen LogP contribution in [0.1, 0.15) is 26.2 Å². The minimum Gasteiger partial charge on any atom is -0.464 e. The Labute approximate surface area is 102 Å². The average molecular weight is 233 g/mol. The van der Waals surface area contributed by atoms with E-state index in [0.29, 0.717) is 6.61 Å². The van der Waals surface area contributed by atoms with E-state index in [2.05, 4.69) is 17.0 Å². The van der Waals surface area contributed by atoms with Crippen molar-refractivity contribution >= 4 is 11.7 Å². The average Bonchev–Trinajstić information content (AvgIpc) is 2.40. The summed E-state index contributed by atoms with van der Waals surface area (Å²) in [5.41, 5.74) is 1.12. The molecule has 1 fully saturated rings. The number of hydrogen-bond acceptors (Lipinski definition) is 3. The SMILES string of the molecule is CCOC(=O)C1CCCCN1c1ccccc1. The van der Waals surface area contributed by atoms with E-state index < -0.39 is 0 Å². The second-order valence-electron chi connectivity index (χ2n) is 4.29. The molecule has 0 aliphatic carbocycles. The third-order valence-corrected chi connectivity index (χ3v) is 3.15. The van der Waals surface area contributed by atoms with E-state index in [1.807, 2.05) is 25.1 Å². The van der Waals surface area contributed by atoms with Crippen LogP contribution in [0, 0.1) is 0 Å². The minimum atomic E-state index is -0.105. The Hall–Kier alpha value is -1.51. The highest BCUT2D eigenvalue weighted by Gasteiger charge is 2.29. The number of carbonyl (C=O) groups is 1. The molecule has 0 radical (unpaired) electrons. The molecule has 1 saturated heterocycles. The van der Waals surface area contributed by atoms with Gasteiger partial charge in [0.05, 0.1) is 6.61 Å². The molecule has 2 rings (SSSR count). The Bertz CT molecular complexity index is 364. The van der Waals surface area contributed by atoms with Crippen molar-refractivity contribution in [3.05, 3.63) is 30.3 Å². The molecule has 1 aliphatic heterocycles. The molecule has 0 bridgehead atoms. The van der Waals surface area contributed by atoms with Crippen molar-refractivity contribution in [3.63, 3.8) is 0 Å². The van der Waals surface area contributed by atoms with Gasteiger partial charge >= 0.3 is 5.97 Å². The Balaban J connectivity index is 2.15. The van der Waals surface area contributed by atoms with Gasteiger partial charge in [0.15, 0.2) is 0 Å². The van der Waals surface area contributed by atoms with Crippen LogP contribution in [0.5, 0.6) is 0 Å². The Morgan fingerprint density at radius 1 is 1.35 bits per heavy atom.